The van der Waals surface area contributed by atoms with Crippen molar-refractivity contribution in [3.05, 3.63) is 35.1 Å². The Labute approximate surface area is 141 Å². The van der Waals surface area contributed by atoms with Crippen LogP contribution in [0, 0.1) is 5.82 Å². The number of benzene rings is 1. The first-order valence-electron chi connectivity index (χ1n) is 8.06. The molecule has 1 aliphatic rings. The normalized spacial score (nSPS) is 18.2. The van der Waals surface area contributed by atoms with Gasteiger partial charge in [0.1, 0.15) is 11.4 Å². The molecule has 0 bridgehead atoms. The van der Waals surface area contributed by atoms with Crippen LogP contribution in [0.4, 0.5) is 9.18 Å². The lowest BCUT2D eigenvalue weighted by Gasteiger charge is -2.34. The van der Waals surface area contributed by atoms with Crippen molar-refractivity contribution < 1.29 is 23.5 Å². The second-order valence-corrected chi connectivity index (χ2v) is 7.03. The summed E-state index contributed by atoms with van der Waals surface area (Å²) in [5.41, 5.74) is 0.326. The zero-order valence-electron chi connectivity index (χ0n) is 14.6. The van der Waals surface area contributed by atoms with E-state index in [2.05, 4.69) is 4.74 Å². The van der Waals surface area contributed by atoms with Crippen LogP contribution in [0.1, 0.15) is 55.5 Å². The summed E-state index contributed by atoms with van der Waals surface area (Å²) in [6.45, 7) is 6.52. The minimum absolute atomic E-state index is 0.0367. The van der Waals surface area contributed by atoms with E-state index >= 15 is 0 Å². The Morgan fingerprint density at radius 2 is 1.96 bits per heavy atom. The van der Waals surface area contributed by atoms with Gasteiger partial charge < -0.3 is 14.4 Å². The third kappa shape index (κ3) is 4.69. The molecule has 1 atom stereocenters. The van der Waals surface area contributed by atoms with Crippen molar-refractivity contribution in [2.24, 2.45) is 0 Å². The van der Waals surface area contributed by atoms with Crippen LogP contribution >= 0.6 is 0 Å². The molecule has 1 unspecified atom stereocenters. The van der Waals surface area contributed by atoms with Crippen LogP contribution in [0.5, 0.6) is 0 Å². The highest BCUT2D eigenvalue weighted by Gasteiger charge is 2.29. The Hall–Kier alpha value is -2.11. The van der Waals surface area contributed by atoms with E-state index in [0.717, 1.165) is 18.9 Å². The number of rotatable bonds is 2. The third-order valence-corrected chi connectivity index (χ3v) is 3.89. The maximum Gasteiger partial charge on any atom is 0.410 e. The molecule has 0 radical (unpaired) electrons. The van der Waals surface area contributed by atoms with Gasteiger partial charge in [0.15, 0.2) is 0 Å². The van der Waals surface area contributed by atoms with Crippen LogP contribution in [-0.2, 0) is 9.47 Å². The molecular formula is C18H24FNO4. The fourth-order valence-corrected chi connectivity index (χ4v) is 2.83. The molecule has 2 rings (SSSR count). The molecule has 0 aromatic heterocycles. The van der Waals surface area contributed by atoms with Crippen LogP contribution in [0.25, 0.3) is 0 Å². The van der Waals surface area contributed by atoms with Crippen LogP contribution in [0.15, 0.2) is 18.2 Å². The Balaban J connectivity index is 2.16. The van der Waals surface area contributed by atoms with Gasteiger partial charge in [-0.3, -0.25) is 0 Å². The maximum absolute atomic E-state index is 13.8. The van der Waals surface area contributed by atoms with E-state index in [1.54, 1.807) is 11.0 Å². The van der Waals surface area contributed by atoms with Gasteiger partial charge in [0.2, 0.25) is 0 Å². The summed E-state index contributed by atoms with van der Waals surface area (Å²) < 4.78 is 23.9. The molecule has 1 heterocycles. The first-order valence-corrected chi connectivity index (χ1v) is 8.06. The molecule has 1 aliphatic heterocycles. The highest BCUT2D eigenvalue weighted by molar-refractivity contribution is 5.89. The number of hydrogen-bond acceptors (Lipinski definition) is 4. The van der Waals surface area contributed by atoms with Crippen molar-refractivity contribution in [3.63, 3.8) is 0 Å². The summed E-state index contributed by atoms with van der Waals surface area (Å²) >= 11 is 0. The van der Waals surface area contributed by atoms with Crippen molar-refractivity contribution in [2.75, 3.05) is 20.2 Å². The number of likely N-dealkylation sites (tertiary alicyclic amines) is 1. The number of piperidine rings is 1. The number of esters is 1. The van der Waals surface area contributed by atoms with E-state index < -0.39 is 17.4 Å². The van der Waals surface area contributed by atoms with Gasteiger partial charge in [0.25, 0.3) is 0 Å². The van der Waals surface area contributed by atoms with Gasteiger partial charge >= 0.3 is 12.1 Å². The fraction of sp³-hybridized carbons (Fsp3) is 0.556. The van der Waals surface area contributed by atoms with Gasteiger partial charge in [-0.15, -0.1) is 0 Å². The molecule has 6 heteroatoms. The standard InChI is InChI=1S/C18H24FNO4/c1-18(2,3)24-17(22)20-7-5-6-12(11-20)13-8-14(16(21)23-4)10-15(19)9-13/h8-10,12H,5-7,11H2,1-4H3. The van der Waals surface area contributed by atoms with E-state index in [0.29, 0.717) is 18.7 Å². The summed E-state index contributed by atoms with van der Waals surface area (Å²) in [6, 6.07) is 4.21. The maximum atomic E-state index is 13.8. The summed E-state index contributed by atoms with van der Waals surface area (Å²) in [4.78, 5) is 25.5. The van der Waals surface area contributed by atoms with Crippen molar-refractivity contribution in [1.82, 2.24) is 4.90 Å². The van der Waals surface area contributed by atoms with Crippen molar-refractivity contribution in [3.8, 4) is 0 Å². The van der Waals surface area contributed by atoms with E-state index in [1.807, 2.05) is 20.8 Å². The molecule has 1 amide bonds. The van der Waals surface area contributed by atoms with E-state index in [1.165, 1.54) is 13.2 Å². The Morgan fingerprint density at radius 1 is 1.25 bits per heavy atom. The van der Waals surface area contributed by atoms with Gasteiger partial charge in [-0.1, -0.05) is 0 Å². The topological polar surface area (TPSA) is 55.8 Å². The molecule has 0 aliphatic carbocycles. The number of hydrogen-bond donors (Lipinski definition) is 0. The van der Waals surface area contributed by atoms with Gasteiger partial charge in [-0.25, -0.2) is 14.0 Å². The Kier molecular flexibility index (Phi) is 5.47. The van der Waals surface area contributed by atoms with Gasteiger partial charge in [0, 0.05) is 19.0 Å². The number of halogens is 1. The fourth-order valence-electron chi connectivity index (χ4n) is 2.83. The SMILES string of the molecule is COC(=O)c1cc(F)cc(C2CCCN(C(=O)OC(C)(C)C)C2)c1. The molecule has 0 spiro atoms. The second-order valence-electron chi connectivity index (χ2n) is 7.03. The molecular weight excluding hydrogens is 313 g/mol. The summed E-state index contributed by atoms with van der Waals surface area (Å²) in [5, 5.41) is 0. The first-order chi connectivity index (χ1) is 11.2. The van der Waals surface area contributed by atoms with Gasteiger partial charge in [-0.2, -0.15) is 0 Å². The molecule has 5 nitrogen and oxygen atoms in total. The number of nitrogens with zero attached hydrogens (tertiary/aromatic N) is 1. The van der Waals surface area contributed by atoms with E-state index in [-0.39, 0.29) is 17.6 Å². The lowest BCUT2D eigenvalue weighted by atomic mass is 9.89. The number of carbonyl (C=O) groups excluding carboxylic acids is 2. The van der Waals surface area contributed by atoms with Crippen LogP contribution in [0.2, 0.25) is 0 Å². The molecule has 132 valence electrons. The molecule has 0 saturated carbocycles. The molecule has 0 N–H and O–H groups in total. The second kappa shape index (κ2) is 7.20. The Bertz CT molecular complexity index is 624. The number of ether oxygens (including phenoxy) is 2. The van der Waals surface area contributed by atoms with Crippen LogP contribution in [0.3, 0.4) is 0 Å². The molecule has 1 fully saturated rings. The largest absolute Gasteiger partial charge is 0.465 e. The number of amides is 1. The van der Waals surface area contributed by atoms with E-state index in [9.17, 15) is 14.0 Å². The lowest BCUT2D eigenvalue weighted by Crippen LogP contribution is -2.42. The van der Waals surface area contributed by atoms with Crippen LogP contribution < -0.4 is 0 Å². The number of carbonyl (C=O) groups is 2. The van der Waals surface area contributed by atoms with E-state index in [4.69, 9.17) is 4.74 Å². The minimum atomic E-state index is -0.574. The van der Waals surface area contributed by atoms with Crippen molar-refractivity contribution in [1.29, 1.82) is 0 Å². The smallest absolute Gasteiger partial charge is 0.410 e. The lowest BCUT2D eigenvalue weighted by molar-refractivity contribution is 0.0198. The van der Waals surface area contributed by atoms with Crippen LogP contribution in [-0.4, -0.2) is 42.8 Å². The average Bonchev–Trinajstić information content (AvgIpc) is 2.52. The highest BCUT2D eigenvalue weighted by atomic mass is 19.1. The predicted molar refractivity (Wildman–Crippen MR) is 87.5 cm³/mol. The number of methoxy groups -OCH3 is 1. The van der Waals surface area contributed by atoms with Crippen molar-refractivity contribution in [2.45, 2.75) is 45.1 Å². The molecule has 1 aromatic carbocycles. The minimum Gasteiger partial charge on any atom is -0.465 e. The molecule has 1 aromatic rings. The molecule has 24 heavy (non-hydrogen) atoms. The highest BCUT2D eigenvalue weighted by Crippen LogP contribution is 2.29. The summed E-state index contributed by atoms with van der Waals surface area (Å²) in [6.07, 6.45) is 1.26. The zero-order valence-corrected chi connectivity index (χ0v) is 14.6. The first kappa shape index (κ1) is 18.2. The quantitative estimate of drug-likeness (QED) is 0.772. The molecule has 1 saturated heterocycles. The Morgan fingerprint density at radius 3 is 2.58 bits per heavy atom. The summed E-state index contributed by atoms with van der Waals surface area (Å²) in [5.74, 6) is -1.09. The zero-order chi connectivity index (χ0) is 17.9. The monoisotopic (exact) mass is 337 g/mol. The average molecular weight is 337 g/mol. The van der Waals surface area contributed by atoms with Gasteiger partial charge in [0.05, 0.1) is 12.7 Å². The van der Waals surface area contributed by atoms with Gasteiger partial charge in [-0.05, 0) is 57.4 Å². The summed E-state index contributed by atoms with van der Waals surface area (Å²) in [7, 11) is 1.26. The predicted octanol–water partition coefficient (Wildman–Crippen LogP) is 3.73. The third-order valence-electron chi connectivity index (χ3n) is 3.89. The van der Waals surface area contributed by atoms with Crippen molar-refractivity contribution >= 4 is 12.1 Å².